The summed E-state index contributed by atoms with van der Waals surface area (Å²) in [5.41, 5.74) is 0. The molecule has 0 aromatic carbocycles. The van der Waals surface area contributed by atoms with Crippen LogP contribution in [0.4, 0.5) is 0 Å². The highest BCUT2D eigenvalue weighted by Crippen LogP contribution is 2.35. The van der Waals surface area contributed by atoms with Crippen LogP contribution in [0.1, 0.15) is 20.3 Å². The highest BCUT2D eigenvalue weighted by atomic mass is 31.2. The molecule has 16 heavy (non-hydrogen) atoms. The van der Waals surface area contributed by atoms with Crippen molar-refractivity contribution in [1.29, 1.82) is 0 Å². The molecule has 0 aliphatic heterocycles. The lowest BCUT2D eigenvalue weighted by Gasteiger charge is -2.10. The van der Waals surface area contributed by atoms with E-state index in [9.17, 15) is 14.2 Å². The van der Waals surface area contributed by atoms with Gasteiger partial charge >= 0.3 is 7.82 Å². The third-order valence-electron chi connectivity index (χ3n) is 1.89. The lowest BCUT2D eigenvalue weighted by Crippen LogP contribution is -2.35. The molecule has 0 fully saturated rings. The molecular formula is C8H16NO6P. The van der Waals surface area contributed by atoms with Crippen molar-refractivity contribution < 1.29 is 28.5 Å². The fourth-order valence-corrected chi connectivity index (χ4v) is 1.27. The van der Waals surface area contributed by atoms with Crippen LogP contribution in [0.5, 0.6) is 0 Å². The van der Waals surface area contributed by atoms with Gasteiger partial charge in [-0.3, -0.25) is 14.1 Å². The van der Waals surface area contributed by atoms with Crippen LogP contribution in [0.15, 0.2) is 0 Å². The Labute approximate surface area is 93.4 Å². The molecule has 0 heterocycles. The van der Waals surface area contributed by atoms with Crippen LogP contribution in [0.2, 0.25) is 0 Å². The molecule has 1 unspecified atom stereocenters. The van der Waals surface area contributed by atoms with Crippen molar-refractivity contribution in [1.82, 2.24) is 5.32 Å². The molecule has 0 aliphatic rings. The zero-order valence-electron chi connectivity index (χ0n) is 9.17. The Hall–Kier alpha value is -0.750. The Bertz CT molecular complexity index is 299. The lowest BCUT2D eigenvalue weighted by molar-refractivity contribution is -0.133. The SMILES string of the molecule is CCC(=O)C(C)C(=O)NCCOP(=O)(O)O. The smallest absolute Gasteiger partial charge is 0.353 e. The van der Waals surface area contributed by atoms with E-state index in [4.69, 9.17) is 9.79 Å². The molecule has 0 aromatic rings. The van der Waals surface area contributed by atoms with Gasteiger partial charge in [0.2, 0.25) is 5.91 Å². The topological polar surface area (TPSA) is 113 Å². The number of phosphoric acid groups is 1. The lowest BCUT2D eigenvalue weighted by atomic mass is 10.0. The number of Topliss-reactive ketones (excluding diaryl/α,β-unsaturated/α-hetero) is 1. The maximum Gasteiger partial charge on any atom is 0.469 e. The van der Waals surface area contributed by atoms with Crippen LogP contribution in [0.3, 0.4) is 0 Å². The first-order valence-corrected chi connectivity index (χ1v) is 6.31. The Morgan fingerprint density at radius 3 is 2.44 bits per heavy atom. The van der Waals surface area contributed by atoms with Crippen LogP contribution in [0.25, 0.3) is 0 Å². The molecule has 0 saturated carbocycles. The Morgan fingerprint density at radius 1 is 1.44 bits per heavy atom. The van der Waals surface area contributed by atoms with E-state index >= 15 is 0 Å². The summed E-state index contributed by atoms with van der Waals surface area (Å²) in [5.74, 6) is -1.41. The van der Waals surface area contributed by atoms with E-state index < -0.39 is 19.6 Å². The van der Waals surface area contributed by atoms with Crippen molar-refractivity contribution in [2.75, 3.05) is 13.2 Å². The molecule has 0 aliphatic carbocycles. The average Bonchev–Trinajstić information content (AvgIpc) is 2.20. The number of carbonyl (C=O) groups is 2. The molecule has 7 nitrogen and oxygen atoms in total. The summed E-state index contributed by atoms with van der Waals surface area (Å²) >= 11 is 0. The van der Waals surface area contributed by atoms with E-state index in [-0.39, 0.29) is 25.4 Å². The molecule has 1 atom stereocenters. The predicted octanol–water partition coefficient (Wildman–Crippen LogP) is -0.173. The minimum Gasteiger partial charge on any atom is -0.353 e. The summed E-state index contributed by atoms with van der Waals surface area (Å²) in [6.07, 6.45) is 0.271. The largest absolute Gasteiger partial charge is 0.469 e. The summed E-state index contributed by atoms with van der Waals surface area (Å²) in [4.78, 5) is 39.1. The normalized spacial score (nSPS) is 13.2. The van der Waals surface area contributed by atoms with Crippen LogP contribution in [-0.4, -0.2) is 34.6 Å². The van der Waals surface area contributed by atoms with Gasteiger partial charge in [0.05, 0.1) is 12.5 Å². The zero-order valence-corrected chi connectivity index (χ0v) is 10.1. The van der Waals surface area contributed by atoms with Crippen molar-refractivity contribution in [3.63, 3.8) is 0 Å². The molecule has 0 radical (unpaired) electrons. The molecule has 0 spiro atoms. The molecule has 3 N–H and O–H groups in total. The maximum absolute atomic E-state index is 11.3. The van der Waals surface area contributed by atoms with Crippen LogP contribution >= 0.6 is 7.82 Å². The van der Waals surface area contributed by atoms with Crippen molar-refractivity contribution >= 4 is 19.5 Å². The van der Waals surface area contributed by atoms with E-state index in [1.807, 2.05) is 0 Å². The number of carbonyl (C=O) groups excluding carboxylic acids is 2. The van der Waals surface area contributed by atoms with Gasteiger partial charge in [0, 0.05) is 13.0 Å². The standard InChI is InChI=1S/C8H16NO6P/c1-3-7(10)6(2)8(11)9-4-5-15-16(12,13)14/h6H,3-5H2,1-2H3,(H,9,11)(H2,12,13,14). The van der Waals surface area contributed by atoms with Gasteiger partial charge in [0.1, 0.15) is 5.78 Å². The first-order valence-electron chi connectivity index (χ1n) is 4.78. The number of ketones is 1. The molecule has 0 bridgehead atoms. The molecule has 0 saturated heterocycles. The number of hydrogen-bond acceptors (Lipinski definition) is 4. The maximum atomic E-state index is 11.3. The summed E-state index contributed by atoms with van der Waals surface area (Å²) < 4.78 is 14.4. The number of amides is 1. The molecule has 1 amide bonds. The average molecular weight is 253 g/mol. The third-order valence-corrected chi connectivity index (χ3v) is 2.40. The first-order chi connectivity index (χ1) is 7.28. The van der Waals surface area contributed by atoms with E-state index in [1.54, 1.807) is 6.92 Å². The number of hydrogen-bond donors (Lipinski definition) is 3. The van der Waals surface area contributed by atoms with Gasteiger partial charge in [-0.05, 0) is 6.92 Å². The van der Waals surface area contributed by atoms with Crippen molar-refractivity contribution in [2.45, 2.75) is 20.3 Å². The molecule has 94 valence electrons. The van der Waals surface area contributed by atoms with Gasteiger partial charge in [-0.25, -0.2) is 4.57 Å². The van der Waals surface area contributed by atoms with E-state index in [0.717, 1.165) is 0 Å². The Kier molecular flexibility index (Phi) is 6.43. The number of rotatable bonds is 7. The van der Waals surface area contributed by atoms with Crippen LogP contribution in [0, 0.1) is 5.92 Å². The summed E-state index contributed by atoms with van der Waals surface area (Å²) in [6, 6.07) is 0. The van der Waals surface area contributed by atoms with Gasteiger partial charge in [-0.15, -0.1) is 0 Å². The van der Waals surface area contributed by atoms with E-state index in [2.05, 4.69) is 9.84 Å². The molecule has 8 heteroatoms. The quantitative estimate of drug-likeness (QED) is 0.330. The Morgan fingerprint density at radius 2 is 2.00 bits per heavy atom. The summed E-state index contributed by atoms with van der Waals surface area (Å²) in [5, 5.41) is 2.34. The third kappa shape index (κ3) is 6.68. The second kappa shape index (κ2) is 6.75. The minimum absolute atomic E-state index is 0.0503. The monoisotopic (exact) mass is 253 g/mol. The van der Waals surface area contributed by atoms with E-state index in [0.29, 0.717) is 0 Å². The fraction of sp³-hybridized carbons (Fsp3) is 0.750. The van der Waals surface area contributed by atoms with Crippen LogP contribution in [-0.2, 0) is 18.7 Å². The van der Waals surface area contributed by atoms with Gasteiger partial charge in [0.15, 0.2) is 0 Å². The second-order valence-corrected chi connectivity index (χ2v) is 4.40. The summed E-state index contributed by atoms with van der Waals surface area (Å²) in [6.45, 7) is 2.78. The molecule has 0 aromatic heterocycles. The Balaban J connectivity index is 3.82. The van der Waals surface area contributed by atoms with Crippen LogP contribution < -0.4 is 5.32 Å². The van der Waals surface area contributed by atoms with Gasteiger partial charge in [-0.2, -0.15) is 0 Å². The van der Waals surface area contributed by atoms with E-state index in [1.165, 1.54) is 6.92 Å². The number of phosphoric ester groups is 1. The van der Waals surface area contributed by atoms with Crippen molar-refractivity contribution in [3.8, 4) is 0 Å². The van der Waals surface area contributed by atoms with Gasteiger partial charge < -0.3 is 15.1 Å². The minimum atomic E-state index is -4.49. The zero-order chi connectivity index (χ0) is 12.8. The van der Waals surface area contributed by atoms with Crippen molar-refractivity contribution in [3.05, 3.63) is 0 Å². The highest BCUT2D eigenvalue weighted by molar-refractivity contribution is 7.46. The summed E-state index contributed by atoms with van der Waals surface area (Å²) in [7, 11) is -4.49. The first kappa shape index (κ1) is 15.2. The second-order valence-electron chi connectivity index (χ2n) is 3.16. The van der Waals surface area contributed by atoms with Crippen molar-refractivity contribution in [2.24, 2.45) is 5.92 Å². The molecule has 0 rings (SSSR count). The predicted molar refractivity (Wildman–Crippen MR) is 55.5 cm³/mol. The molecular weight excluding hydrogens is 237 g/mol. The highest BCUT2D eigenvalue weighted by Gasteiger charge is 2.19. The fourth-order valence-electron chi connectivity index (χ4n) is 0.944. The number of nitrogens with one attached hydrogen (secondary N) is 1. The van der Waals surface area contributed by atoms with Gasteiger partial charge in [0.25, 0.3) is 0 Å². The van der Waals surface area contributed by atoms with Gasteiger partial charge in [-0.1, -0.05) is 6.92 Å².